The molecule has 14 heavy (non-hydrogen) atoms. The average molecular weight is 205 g/mol. The molecular formula is C8H15NO5. The van der Waals surface area contributed by atoms with Crippen LogP contribution in [0, 0.1) is 0 Å². The zero-order valence-electron chi connectivity index (χ0n) is 7.97. The van der Waals surface area contributed by atoms with Gasteiger partial charge in [-0.15, -0.1) is 0 Å². The van der Waals surface area contributed by atoms with Gasteiger partial charge in [-0.2, -0.15) is 0 Å². The molecule has 0 aromatic rings. The van der Waals surface area contributed by atoms with Gasteiger partial charge in [0, 0.05) is 13.7 Å². The van der Waals surface area contributed by atoms with Gasteiger partial charge >= 0.3 is 6.09 Å². The second-order valence-corrected chi connectivity index (χ2v) is 3.10. The van der Waals surface area contributed by atoms with Crippen LogP contribution in [0.3, 0.4) is 0 Å². The lowest BCUT2D eigenvalue weighted by Gasteiger charge is -2.31. The molecule has 1 heterocycles. The van der Waals surface area contributed by atoms with Gasteiger partial charge < -0.3 is 25.0 Å². The Morgan fingerprint density at radius 2 is 2.36 bits per heavy atom. The van der Waals surface area contributed by atoms with E-state index < -0.39 is 24.4 Å². The number of rotatable bonds is 2. The van der Waals surface area contributed by atoms with Crippen molar-refractivity contribution in [2.75, 3.05) is 20.3 Å². The number of hydrogen-bond acceptors (Lipinski definition) is 5. The first-order chi connectivity index (χ1) is 6.65. The Bertz CT molecular complexity index is 198. The highest BCUT2D eigenvalue weighted by atomic mass is 16.6. The maximum atomic E-state index is 10.7. The van der Waals surface area contributed by atoms with Crippen molar-refractivity contribution in [2.24, 2.45) is 0 Å². The third kappa shape index (κ3) is 2.83. The number of ether oxygens (including phenoxy) is 2. The summed E-state index contributed by atoms with van der Waals surface area (Å²) in [5, 5.41) is 21.0. The smallest absolute Gasteiger partial charge is 0.406 e. The molecule has 1 rings (SSSR count). The molecule has 0 aromatic heterocycles. The summed E-state index contributed by atoms with van der Waals surface area (Å²) in [7, 11) is 1.44. The molecule has 0 unspecified atom stereocenters. The highest BCUT2D eigenvalue weighted by Crippen LogP contribution is 2.14. The largest absolute Gasteiger partial charge is 0.447 e. The summed E-state index contributed by atoms with van der Waals surface area (Å²) in [4.78, 5) is 10.7. The Kier molecular flexibility index (Phi) is 4.12. The van der Waals surface area contributed by atoms with Crippen molar-refractivity contribution in [3.63, 3.8) is 0 Å². The summed E-state index contributed by atoms with van der Waals surface area (Å²) >= 11 is 0. The SMILES string of the molecule is CNC(=O)OC[C@H]1OCC[C@@H](O)[C@@H]1O. The summed E-state index contributed by atoms with van der Waals surface area (Å²) in [6.07, 6.45) is -2.62. The molecule has 3 N–H and O–H groups in total. The molecule has 1 fully saturated rings. The number of carbonyl (C=O) groups is 1. The highest BCUT2D eigenvalue weighted by molar-refractivity contribution is 5.66. The number of carbonyl (C=O) groups excluding carboxylic acids is 1. The lowest BCUT2D eigenvalue weighted by Crippen LogP contribution is -2.47. The first kappa shape index (κ1) is 11.2. The quantitative estimate of drug-likeness (QED) is 0.530. The lowest BCUT2D eigenvalue weighted by molar-refractivity contribution is -0.147. The van der Waals surface area contributed by atoms with E-state index in [-0.39, 0.29) is 6.61 Å². The van der Waals surface area contributed by atoms with E-state index in [1.54, 1.807) is 0 Å². The standard InChI is InChI=1S/C8H15NO5/c1-9-8(12)14-4-6-7(11)5(10)2-3-13-6/h5-7,10-11H,2-4H2,1H3,(H,9,12)/t5-,6-,7+/m1/s1. The van der Waals surface area contributed by atoms with Crippen molar-refractivity contribution in [2.45, 2.75) is 24.7 Å². The minimum atomic E-state index is -0.992. The molecule has 0 aliphatic carbocycles. The molecule has 1 saturated heterocycles. The van der Waals surface area contributed by atoms with Gasteiger partial charge in [0.15, 0.2) is 0 Å². The van der Waals surface area contributed by atoms with Gasteiger partial charge in [0.05, 0.1) is 6.10 Å². The summed E-state index contributed by atoms with van der Waals surface area (Å²) < 4.78 is 9.84. The minimum Gasteiger partial charge on any atom is -0.447 e. The van der Waals surface area contributed by atoms with Crippen molar-refractivity contribution in [1.82, 2.24) is 5.32 Å². The number of amides is 1. The van der Waals surface area contributed by atoms with E-state index in [1.807, 2.05) is 0 Å². The Balaban J connectivity index is 2.32. The van der Waals surface area contributed by atoms with E-state index in [4.69, 9.17) is 9.47 Å². The minimum absolute atomic E-state index is 0.0576. The van der Waals surface area contributed by atoms with Crippen LogP contribution in [0.15, 0.2) is 0 Å². The van der Waals surface area contributed by atoms with E-state index in [2.05, 4.69) is 5.32 Å². The molecule has 3 atom stereocenters. The van der Waals surface area contributed by atoms with Crippen molar-refractivity contribution in [3.05, 3.63) is 0 Å². The third-order valence-corrected chi connectivity index (χ3v) is 2.10. The van der Waals surface area contributed by atoms with Crippen molar-refractivity contribution in [1.29, 1.82) is 0 Å². The van der Waals surface area contributed by atoms with Gasteiger partial charge in [-0.3, -0.25) is 0 Å². The molecule has 0 radical (unpaired) electrons. The molecular weight excluding hydrogens is 190 g/mol. The molecule has 1 amide bonds. The van der Waals surface area contributed by atoms with Crippen LogP contribution in [-0.2, 0) is 9.47 Å². The fourth-order valence-corrected chi connectivity index (χ4v) is 1.23. The van der Waals surface area contributed by atoms with Crippen molar-refractivity contribution >= 4 is 6.09 Å². The second kappa shape index (κ2) is 5.14. The van der Waals surface area contributed by atoms with E-state index in [0.717, 1.165) is 0 Å². The molecule has 0 saturated carbocycles. The van der Waals surface area contributed by atoms with Crippen LogP contribution in [0.2, 0.25) is 0 Å². The fraction of sp³-hybridized carbons (Fsp3) is 0.875. The van der Waals surface area contributed by atoms with Crippen LogP contribution in [-0.4, -0.2) is 54.9 Å². The Labute approximate surface area is 81.8 Å². The van der Waals surface area contributed by atoms with Crippen LogP contribution >= 0.6 is 0 Å². The zero-order valence-corrected chi connectivity index (χ0v) is 7.97. The first-order valence-corrected chi connectivity index (χ1v) is 4.47. The van der Waals surface area contributed by atoms with Gasteiger partial charge in [0.1, 0.15) is 18.8 Å². The number of nitrogens with one attached hydrogen (secondary N) is 1. The van der Waals surface area contributed by atoms with E-state index >= 15 is 0 Å². The predicted molar refractivity (Wildman–Crippen MR) is 46.8 cm³/mol. The predicted octanol–water partition coefficient (Wildman–Crippen LogP) is -1.15. The van der Waals surface area contributed by atoms with E-state index in [9.17, 15) is 15.0 Å². The normalized spacial score (nSPS) is 32.4. The number of hydrogen-bond donors (Lipinski definition) is 3. The lowest BCUT2D eigenvalue weighted by atomic mass is 10.0. The van der Waals surface area contributed by atoms with Crippen molar-refractivity contribution in [3.8, 4) is 0 Å². The second-order valence-electron chi connectivity index (χ2n) is 3.10. The maximum Gasteiger partial charge on any atom is 0.406 e. The third-order valence-electron chi connectivity index (χ3n) is 2.10. The Hall–Kier alpha value is -0.850. The molecule has 1 aliphatic heterocycles. The Morgan fingerprint density at radius 1 is 1.64 bits per heavy atom. The van der Waals surface area contributed by atoms with Crippen LogP contribution < -0.4 is 5.32 Å². The number of aliphatic hydroxyl groups is 2. The molecule has 6 nitrogen and oxygen atoms in total. The van der Waals surface area contributed by atoms with Crippen LogP contribution in [0.5, 0.6) is 0 Å². The number of alkyl carbamates (subject to hydrolysis) is 1. The van der Waals surface area contributed by atoms with Crippen molar-refractivity contribution < 1.29 is 24.5 Å². The van der Waals surface area contributed by atoms with Gasteiger partial charge in [-0.1, -0.05) is 0 Å². The first-order valence-electron chi connectivity index (χ1n) is 4.47. The fourth-order valence-electron chi connectivity index (χ4n) is 1.23. The van der Waals surface area contributed by atoms with E-state index in [1.165, 1.54) is 7.05 Å². The zero-order chi connectivity index (χ0) is 10.6. The molecule has 0 spiro atoms. The van der Waals surface area contributed by atoms with Crippen LogP contribution in [0.1, 0.15) is 6.42 Å². The van der Waals surface area contributed by atoms with E-state index in [0.29, 0.717) is 13.0 Å². The monoisotopic (exact) mass is 205 g/mol. The van der Waals surface area contributed by atoms with Gasteiger partial charge in [-0.05, 0) is 6.42 Å². The molecule has 1 aliphatic rings. The average Bonchev–Trinajstić information content (AvgIpc) is 2.20. The number of aliphatic hydroxyl groups excluding tert-OH is 2. The molecule has 82 valence electrons. The highest BCUT2D eigenvalue weighted by Gasteiger charge is 2.32. The van der Waals surface area contributed by atoms with Crippen LogP contribution in [0.4, 0.5) is 4.79 Å². The topological polar surface area (TPSA) is 88.0 Å². The van der Waals surface area contributed by atoms with Gasteiger partial charge in [0.25, 0.3) is 0 Å². The molecule has 6 heteroatoms. The maximum absolute atomic E-state index is 10.7. The molecule has 0 bridgehead atoms. The van der Waals surface area contributed by atoms with Gasteiger partial charge in [0.2, 0.25) is 0 Å². The van der Waals surface area contributed by atoms with Gasteiger partial charge in [-0.25, -0.2) is 4.79 Å². The summed E-state index contributed by atoms with van der Waals surface area (Å²) in [6.45, 7) is 0.303. The molecule has 0 aromatic carbocycles. The summed E-state index contributed by atoms with van der Waals surface area (Å²) in [6, 6.07) is 0. The van der Waals surface area contributed by atoms with Crippen LogP contribution in [0.25, 0.3) is 0 Å². The summed E-state index contributed by atoms with van der Waals surface area (Å²) in [5.41, 5.74) is 0. The summed E-state index contributed by atoms with van der Waals surface area (Å²) in [5.74, 6) is 0. The Morgan fingerprint density at radius 3 is 3.00 bits per heavy atom.